The highest BCUT2D eigenvalue weighted by Crippen LogP contribution is 2.36. The van der Waals surface area contributed by atoms with Gasteiger partial charge < -0.3 is 24.3 Å². The van der Waals surface area contributed by atoms with E-state index in [0.29, 0.717) is 11.8 Å². The van der Waals surface area contributed by atoms with Crippen molar-refractivity contribution >= 4 is 33.3 Å². The topological polar surface area (TPSA) is 144 Å². The number of carbonyl (C=O) groups excluding carboxylic acids is 1. The number of anilines is 1. The number of nitrogens with zero attached hydrogens (tertiary/aromatic N) is 1. The number of halogens is 3. The molecule has 10 nitrogen and oxygen atoms in total. The predicted octanol–water partition coefficient (Wildman–Crippen LogP) is 3.54. The molecule has 0 bridgehead atoms. The first-order chi connectivity index (χ1) is 18.3. The molecule has 3 aromatic rings. The van der Waals surface area contributed by atoms with Gasteiger partial charge in [0, 0.05) is 17.7 Å². The summed E-state index contributed by atoms with van der Waals surface area (Å²) in [5.74, 6) is -4.30. The number of nitrogens with one attached hydrogen (secondary N) is 1. The van der Waals surface area contributed by atoms with Gasteiger partial charge in [-0.1, -0.05) is 11.6 Å². The van der Waals surface area contributed by atoms with Gasteiger partial charge in [-0.3, -0.25) is 4.90 Å². The average molecular weight is 586 g/mol. The number of sulfonamides is 1. The minimum absolute atomic E-state index is 0.0526. The molecule has 0 unspecified atom stereocenters. The summed E-state index contributed by atoms with van der Waals surface area (Å²) in [5.41, 5.74) is -0.162. The largest absolute Gasteiger partial charge is 0.467 e. The van der Waals surface area contributed by atoms with Crippen LogP contribution in [-0.4, -0.2) is 49.8 Å². The molecule has 1 fully saturated rings. The molecule has 0 amide bonds. The fraction of sp³-hybridized carbons (Fsp3) is 0.320. The van der Waals surface area contributed by atoms with Crippen LogP contribution >= 0.6 is 11.6 Å². The predicted molar refractivity (Wildman–Crippen MR) is 136 cm³/mol. The van der Waals surface area contributed by atoms with E-state index in [1.165, 1.54) is 12.3 Å². The highest BCUT2D eigenvalue weighted by Gasteiger charge is 2.47. The fourth-order valence-corrected chi connectivity index (χ4v) is 5.39. The molecule has 210 valence electrons. The van der Waals surface area contributed by atoms with Crippen molar-refractivity contribution in [2.45, 2.75) is 43.2 Å². The van der Waals surface area contributed by atoms with Crippen LogP contribution in [0.3, 0.4) is 0 Å². The Hall–Kier alpha value is -3.07. The Kier molecular flexibility index (Phi) is 8.30. The summed E-state index contributed by atoms with van der Waals surface area (Å²) in [6.07, 6.45) is 1.47. The van der Waals surface area contributed by atoms with Gasteiger partial charge in [-0.05, 0) is 50.2 Å². The van der Waals surface area contributed by atoms with Crippen LogP contribution in [0.2, 0.25) is 5.02 Å². The number of hydrogen-bond donors (Lipinski definition) is 3. The van der Waals surface area contributed by atoms with Crippen molar-refractivity contribution in [1.29, 1.82) is 0 Å². The number of furan rings is 1. The van der Waals surface area contributed by atoms with Crippen LogP contribution in [0.25, 0.3) is 0 Å². The third-order valence-electron chi connectivity index (χ3n) is 6.43. The number of hydrogen-bond acceptors (Lipinski definition) is 9. The summed E-state index contributed by atoms with van der Waals surface area (Å²) in [5, 5.41) is 19.2. The van der Waals surface area contributed by atoms with Crippen molar-refractivity contribution in [3.05, 3.63) is 82.3 Å². The van der Waals surface area contributed by atoms with E-state index in [9.17, 15) is 27.1 Å². The lowest BCUT2D eigenvalue weighted by Crippen LogP contribution is -2.60. The van der Waals surface area contributed by atoms with Gasteiger partial charge in [0.15, 0.2) is 0 Å². The summed E-state index contributed by atoms with van der Waals surface area (Å²) in [6.45, 7) is 3.00. The Labute approximate surface area is 228 Å². The summed E-state index contributed by atoms with van der Waals surface area (Å²) in [6, 6.07) is 6.89. The van der Waals surface area contributed by atoms with E-state index in [1.54, 1.807) is 30.9 Å². The van der Waals surface area contributed by atoms with Crippen molar-refractivity contribution in [3.8, 4) is 0 Å². The molecule has 0 spiro atoms. The van der Waals surface area contributed by atoms with Crippen molar-refractivity contribution in [2.75, 3.05) is 18.7 Å². The molecular formula is C25H26ClF2N3O7S. The van der Waals surface area contributed by atoms with E-state index in [4.69, 9.17) is 30.6 Å². The first-order valence-corrected chi connectivity index (χ1v) is 13.6. The molecule has 2 heterocycles. The lowest BCUT2D eigenvalue weighted by atomic mass is 9.94. The van der Waals surface area contributed by atoms with Crippen LogP contribution in [0, 0.1) is 11.6 Å². The average Bonchev–Trinajstić information content (AvgIpc) is 3.37. The standard InChI is InChI=1S/C25H26ClF2N3O7S/c1-14-12-38-25(33,16-6-17(27)8-18(28)7-16)15(2)31(14)13-37-24(32)20-9-23(39(29,34)35)21(26)10-22(20)30-11-19-4-3-5-36-19/h3-10,14-15,30,33H,11-13H2,1-2H3,(H2,29,34,35)/t14-,15+,25-/m1/s1. The van der Waals surface area contributed by atoms with Gasteiger partial charge in [-0.25, -0.2) is 27.1 Å². The number of carbonyl (C=O) groups is 1. The molecule has 0 aliphatic carbocycles. The molecule has 3 atom stereocenters. The highest BCUT2D eigenvalue weighted by atomic mass is 35.5. The van der Waals surface area contributed by atoms with Crippen LogP contribution < -0.4 is 10.5 Å². The van der Waals surface area contributed by atoms with Gasteiger partial charge in [-0.15, -0.1) is 0 Å². The fourth-order valence-electron chi connectivity index (χ4n) is 4.29. The first-order valence-electron chi connectivity index (χ1n) is 11.7. The van der Waals surface area contributed by atoms with Crippen LogP contribution in [0.15, 0.2) is 58.0 Å². The van der Waals surface area contributed by atoms with Gasteiger partial charge >= 0.3 is 5.97 Å². The third kappa shape index (κ3) is 6.24. The van der Waals surface area contributed by atoms with E-state index in [2.05, 4.69) is 5.32 Å². The number of aliphatic hydroxyl groups is 1. The molecule has 1 aromatic heterocycles. The summed E-state index contributed by atoms with van der Waals surface area (Å²) >= 11 is 6.12. The molecule has 0 radical (unpaired) electrons. The van der Waals surface area contributed by atoms with Gasteiger partial charge in [0.05, 0.1) is 41.7 Å². The lowest BCUT2D eigenvalue weighted by Gasteiger charge is -2.47. The zero-order valence-corrected chi connectivity index (χ0v) is 22.4. The van der Waals surface area contributed by atoms with Crippen LogP contribution in [-0.2, 0) is 31.8 Å². The maximum absolute atomic E-state index is 13.9. The van der Waals surface area contributed by atoms with Crippen LogP contribution in [0.4, 0.5) is 14.5 Å². The van der Waals surface area contributed by atoms with Gasteiger partial charge in [-0.2, -0.15) is 0 Å². The monoisotopic (exact) mass is 585 g/mol. The Morgan fingerprint density at radius 2 is 1.95 bits per heavy atom. The molecule has 0 saturated carbocycles. The SMILES string of the molecule is C[C@@H]1CO[C@@](O)(c2cc(F)cc(F)c2)[C@H](C)N1COC(=O)c1cc(S(N)(=O)=O)c(Cl)cc1NCc1ccco1. The smallest absolute Gasteiger partial charge is 0.341 e. The molecule has 39 heavy (non-hydrogen) atoms. The van der Waals surface area contributed by atoms with Crippen molar-refractivity contribution < 1.29 is 41.0 Å². The maximum Gasteiger partial charge on any atom is 0.341 e. The quantitative estimate of drug-likeness (QED) is 0.338. The number of benzene rings is 2. The molecule has 1 aliphatic heterocycles. The Bertz CT molecular complexity index is 1450. The van der Waals surface area contributed by atoms with Crippen LogP contribution in [0.5, 0.6) is 0 Å². The van der Waals surface area contributed by atoms with Gasteiger partial charge in [0.2, 0.25) is 15.8 Å². The number of rotatable bonds is 8. The molecule has 1 aliphatic rings. The third-order valence-corrected chi connectivity index (χ3v) is 7.80. The van der Waals surface area contributed by atoms with Gasteiger partial charge in [0.1, 0.15) is 29.0 Å². The number of esters is 1. The Morgan fingerprint density at radius 1 is 1.26 bits per heavy atom. The molecule has 1 saturated heterocycles. The van der Waals surface area contributed by atoms with Crippen LogP contribution in [0.1, 0.15) is 35.5 Å². The van der Waals surface area contributed by atoms with Gasteiger partial charge in [0.25, 0.3) is 0 Å². The summed E-state index contributed by atoms with van der Waals surface area (Å²) in [7, 11) is -4.28. The summed E-state index contributed by atoms with van der Waals surface area (Å²) < 4.78 is 68.2. The van der Waals surface area contributed by atoms with Crippen molar-refractivity contribution in [1.82, 2.24) is 4.90 Å². The van der Waals surface area contributed by atoms with Crippen molar-refractivity contribution in [2.24, 2.45) is 5.14 Å². The maximum atomic E-state index is 13.9. The lowest BCUT2D eigenvalue weighted by molar-refractivity contribution is -0.293. The second kappa shape index (κ2) is 11.2. The van der Waals surface area contributed by atoms with E-state index in [1.807, 2.05) is 0 Å². The zero-order valence-electron chi connectivity index (χ0n) is 20.9. The Morgan fingerprint density at radius 3 is 2.56 bits per heavy atom. The number of nitrogens with two attached hydrogens (primary N) is 1. The van der Waals surface area contributed by atoms with E-state index >= 15 is 0 Å². The van der Waals surface area contributed by atoms with E-state index in [0.717, 1.165) is 18.2 Å². The normalized spacial score (nSPS) is 22.0. The second-order valence-corrected chi connectivity index (χ2v) is 11.0. The van der Waals surface area contributed by atoms with Crippen molar-refractivity contribution in [3.63, 3.8) is 0 Å². The number of morpholine rings is 1. The number of ether oxygens (including phenoxy) is 2. The minimum Gasteiger partial charge on any atom is -0.467 e. The van der Waals surface area contributed by atoms with E-state index < -0.39 is 44.4 Å². The molecular weight excluding hydrogens is 560 g/mol. The Balaban J connectivity index is 1.59. The highest BCUT2D eigenvalue weighted by molar-refractivity contribution is 7.89. The molecule has 4 rings (SSSR count). The summed E-state index contributed by atoms with van der Waals surface area (Å²) in [4.78, 5) is 14.3. The molecule has 14 heteroatoms. The molecule has 2 aromatic carbocycles. The zero-order chi connectivity index (χ0) is 28.5. The minimum atomic E-state index is -4.28. The first kappa shape index (κ1) is 28.9. The second-order valence-electron chi connectivity index (χ2n) is 9.07. The van der Waals surface area contributed by atoms with E-state index in [-0.39, 0.29) is 47.8 Å². The number of primary sulfonamides is 1. The molecule has 4 N–H and O–H groups in total.